The summed E-state index contributed by atoms with van der Waals surface area (Å²) in [5.74, 6) is -22.3. The van der Waals surface area contributed by atoms with Crippen LogP contribution in [-0.2, 0) is 91.1 Å². The molecule has 624 valence electrons. The molecule has 0 heterocycles. The second kappa shape index (κ2) is 52.3. The summed E-state index contributed by atoms with van der Waals surface area (Å²) in [6, 6.07) is -20.5. The van der Waals surface area contributed by atoms with Crippen LogP contribution in [0.5, 0.6) is 0 Å². The number of carbonyl (C=O) groups is 19. The Morgan fingerprint density at radius 2 is 0.809 bits per heavy atom. The molecule has 0 spiro atoms. The SMILES string of the molecule is CC[C@H](C)[C@H](NC(=O)[C@H](CC(C)C)NC(=O)CNC(=O)[C@@H](NC(=O)[C@H](CO)NC(=O)[C@@H](NC(=O)[C@H](CCSC)NC(=O)CNC(=O)[C@H](C)NC(=O)[C@H](CCCCN)NC(=O)[C@H](CCC(=O)O)NC(=O)[C@H](CCC(=O)O)NC(=O)[C@H](CCC(N)=O)NC(=O)[C@H](CC(N)=O)NC(=O)[C@@H](N)CC(C)C)C(C)C)[C@@H](C)O)C(=O)O. The molecule has 0 aliphatic carbocycles. The van der Waals surface area contributed by atoms with Gasteiger partial charge < -0.3 is 123 Å². The molecule has 27 N–H and O–H groups in total. The van der Waals surface area contributed by atoms with Crippen molar-refractivity contribution in [2.45, 2.75) is 244 Å². The molecule has 0 aliphatic heterocycles. The smallest absolute Gasteiger partial charge is 0.326 e. The summed E-state index contributed by atoms with van der Waals surface area (Å²) in [5.41, 5.74) is 22.3. The van der Waals surface area contributed by atoms with Crippen molar-refractivity contribution in [1.82, 2.24) is 74.4 Å². The lowest BCUT2D eigenvalue weighted by molar-refractivity contribution is -0.144. The molecule has 0 fully saturated rings. The quantitative estimate of drug-likeness (QED) is 0.0252. The highest BCUT2D eigenvalue weighted by atomic mass is 32.2. The Morgan fingerprint density at radius 3 is 1.24 bits per heavy atom. The predicted octanol–water partition coefficient (Wildman–Crippen LogP) is -7.61. The number of hydrogen-bond acceptors (Lipinski definition) is 24. The second-order valence-corrected chi connectivity index (χ2v) is 28.6. The van der Waals surface area contributed by atoms with Gasteiger partial charge in [0.25, 0.3) is 0 Å². The van der Waals surface area contributed by atoms with Crippen molar-refractivity contribution >= 4 is 124 Å². The lowest BCUT2D eigenvalue weighted by atomic mass is 9.97. The fraction of sp³-hybridized carbons (Fsp3) is 0.716. The highest BCUT2D eigenvalue weighted by molar-refractivity contribution is 7.98. The van der Waals surface area contributed by atoms with E-state index in [-0.39, 0.29) is 62.7 Å². The van der Waals surface area contributed by atoms with Gasteiger partial charge in [0, 0.05) is 19.3 Å². The summed E-state index contributed by atoms with van der Waals surface area (Å²) in [6.07, 6.45) is -4.13. The molecule has 42 nitrogen and oxygen atoms in total. The third kappa shape index (κ3) is 40.0. The highest BCUT2D eigenvalue weighted by Crippen LogP contribution is 2.14. The molecule has 43 heteroatoms. The largest absolute Gasteiger partial charge is 0.481 e. The van der Waals surface area contributed by atoms with Gasteiger partial charge >= 0.3 is 17.9 Å². The van der Waals surface area contributed by atoms with Crippen LogP contribution >= 0.6 is 11.8 Å². The zero-order valence-corrected chi connectivity index (χ0v) is 64.9. The maximum atomic E-state index is 14.1. The fourth-order valence-corrected chi connectivity index (χ4v) is 10.8. The van der Waals surface area contributed by atoms with Crippen molar-refractivity contribution in [3.8, 4) is 0 Å². The molecule has 0 aromatic rings. The van der Waals surface area contributed by atoms with E-state index in [2.05, 4.69) is 74.4 Å². The monoisotopic (exact) mass is 1590 g/mol. The standard InChI is InChI=1S/C67H116N18O24S/c1-12-34(8)53(67(108)109)84-63(104)43(26-32(4)5)76-49(91)29-73-65(106)54(36(10)87)85-64(105)45(30-86)82-66(107)52(33(6)7)83-61(102)42(22-24-110-11)75-48(90)28-72-55(96)35(9)74-57(98)38(15-13-14-23-68)77-59(100)40(17-20-50(92)93)79-60(101)41(18-21-51(94)95)78-58(99)39(16-19-46(70)88)80-62(103)44(27-47(71)89)81-56(97)37(69)25-31(2)3/h31-45,52-54,86-87H,12-30,68-69H2,1-11H3,(H2,70,88)(H2,71,89)(H,72,96)(H,73,106)(H,74,98)(H,75,90)(H,76,91)(H,77,100)(H,78,99)(H,79,101)(H,80,103)(H,81,97)(H,82,107)(H,83,102)(H,84,104)(H,85,105)(H,92,93)(H,94,95)(H,108,109)/t34-,35-,36+,37-,38-,39-,40-,41-,42-,43-,44-,45-,52-,53-,54-/m0/s1. The molecule has 0 radical (unpaired) electrons. The van der Waals surface area contributed by atoms with Crippen LogP contribution in [0.2, 0.25) is 0 Å². The Bertz CT molecular complexity index is 3160. The van der Waals surface area contributed by atoms with E-state index in [0.717, 1.165) is 6.92 Å². The van der Waals surface area contributed by atoms with Crippen molar-refractivity contribution < 1.29 is 117 Å². The van der Waals surface area contributed by atoms with Crippen molar-refractivity contribution in [2.75, 3.05) is 38.2 Å². The molecule has 0 saturated heterocycles. The summed E-state index contributed by atoms with van der Waals surface area (Å²) in [7, 11) is 0. The zero-order valence-electron chi connectivity index (χ0n) is 64.0. The first-order valence-corrected chi connectivity index (χ1v) is 37.4. The highest BCUT2D eigenvalue weighted by Gasteiger charge is 2.38. The predicted molar refractivity (Wildman–Crippen MR) is 394 cm³/mol. The molecular formula is C67H116N18O24S. The number of aliphatic hydroxyl groups is 2. The molecule has 16 amide bonds. The molecule has 0 aromatic heterocycles. The Labute approximate surface area is 641 Å². The number of carboxylic acid groups (broad SMARTS) is 3. The van der Waals surface area contributed by atoms with E-state index in [9.17, 15) is 117 Å². The van der Waals surface area contributed by atoms with Gasteiger partial charge in [0.1, 0.15) is 72.5 Å². The molecule has 0 saturated carbocycles. The molecule has 0 aliphatic rings. The van der Waals surface area contributed by atoms with Crippen molar-refractivity contribution in [3.05, 3.63) is 0 Å². The summed E-state index contributed by atoms with van der Waals surface area (Å²) in [5, 5.41) is 82.4. The van der Waals surface area contributed by atoms with Gasteiger partial charge in [-0.25, -0.2) is 4.79 Å². The molecule has 15 atom stereocenters. The maximum Gasteiger partial charge on any atom is 0.326 e. The number of hydrogen-bond donors (Lipinski definition) is 23. The number of nitrogens with two attached hydrogens (primary N) is 4. The Kier molecular flexibility index (Phi) is 47.6. The zero-order chi connectivity index (χ0) is 84.4. The van der Waals surface area contributed by atoms with Gasteiger partial charge in [-0.1, -0.05) is 61.8 Å². The van der Waals surface area contributed by atoms with E-state index >= 15 is 0 Å². The van der Waals surface area contributed by atoms with Crippen molar-refractivity contribution in [2.24, 2.45) is 46.6 Å². The third-order valence-electron chi connectivity index (χ3n) is 16.7. The number of unbranched alkanes of at least 4 members (excludes halogenated alkanes) is 1. The first-order chi connectivity index (χ1) is 51.3. The molecule has 0 aromatic carbocycles. The third-order valence-corrected chi connectivity index (χ3v) is 17.3. The van der Waals surface area contributed by atoms with Gasteiger partial charge in [0.05, 0.1) is 38.3 Å². The maximum absolute atomic E-state index is 14.1. The van der Waals surface area contributed by atoms with Crippen LogP contribution in [0.1, 0.15) is 159 Å². The van der Waals surface area contributed by atoms with E-state index < -0.39 is 274 Å². The summed E-state index contributed by atoms with van der Waals surface area (Å²) in [6.45, 7) is 13.1. The van der Waals surface area contributed by atoms with Crippen LogP contribution < -0.4 is 97.4 Å². The number of nitrogens with one attached hydrogen (secondary N) is 14. The minimum absolute atomic E-state index is 0.0557. The number of primary amides is 2. The van der Waals surface area contributed by atoms with Gasteiger partial charge in [0.15, 0.2) is 0 Å². The lowest BCUT2D eigenvalue weighted by Crippen LogP contribution is -2.61. The first-order valence-electron chi connectivity index (χ1n) is 36.0. The molecule has 0 unspecified atom stereocenters. The van der Waals surface area contributed by atoms with Gasteiger partial charge in [-0.05, 0) is 114 Å². The topological polar surface area (TPSA) is 698 Å². The normalized spacial score (nSPS) is 15.3. The average molecular weight is 1590 g/mol. The van der Waals surface area contributed by atoms with Crippen molar-refractivity contribution in [3.63, 3.8) is 0 Å². The van der Waals surface area contributed by atoms with E-state index in [4.69, 9.17) is 22.9 Å². The van der Waals surface area contributed by atoms with E-state index in [1.165, 1.54) is 32.5 Å². The van der Waals surface area contributed by atoms with Gasteiger partial charge in [0.2, 0.25) is 94.5 Å². The van der Waals surface area contributed by atoms with Gasteiger partial charge in [-0.3, -0.25) is 86.3 Å². The molecule has 110 heavy (non-hydrogen) atoms. The van der Waals surface area contributed by atoms with Crippen LogP contribution in [0.25, 0.3) is 0 Å². The Morgan fingerprint density at radius 1 is 0.409 bits per heavy atom. The number of aliphatic carboxylic acids is 3. The number of aliphatic hydroxyl groups excluding tert-OH is 2. The molecular weight excluding hydrogens is 1470 g/mol. The minimum Gasteiger partial charge on any atom is -0.481 e. The molecule has 0 rings (SSSR count). The van der Waals surface area contributed by atoms with Crippen LogP contribution in [0.4, 0.5) is 0 Å². The van der Waals surface area contributed by atoms with Crippen LogP contribution in [0.3, 0.4) is 0 Å². The second-order valence-electron chi connectivity index (χ2n) is 27.6. The minimum atomic E-state index is -1.90. The summed E-state index contributed by atoms with van der Waals surface area (Å²) < 4.78 is 0. The number of carbonyl (C=O) groups excluding carboxylic acids is 16. The van der Waals surface area contributed by atoms with Crippen LogP contribution in [0, 0.1) is 23.7 Å². The lowest BCUT2D eigenvalue weighted by Gasteiger charge is -2.28. The van der Waals surface area contributed by atoms with E-state index in [1.54, 1.807) is 47.8 Å². The summed E-state index contributed by atoms with van der Waals surface area (Å²) >= 11 is 1.26. The Balaban J connectivity index is 6.48. The number of rotatable bonds is 56. The van der Waals surface area contributed by atoms with E-state index in [0.29, 0.717) is 6.42 Å². The van der Waals surface area contributed by atoms with Crippen LogP contribution in [-0.4, -0.2) is 261 Å². The van der Waals surface area contributed by atoms with Crippen molar-refractivity contribution in [1.29, 1.82) is 0 Å². The van der Waals surface area contributed by atoms with Crippen LogP contribution in [0.15, 0.2) is 0 Å². The number of carboxylic acids is 3. The number of amides is 16. The fourth-order valence-electron chi connectivity index (χ4n) is 10.3. The number of thioether (sulfide) groups is 1. The molecule has 0 bridgehead atoms. The van der Waals surface area contributed by atoms with Gasteiger partial charge in [-0.15, -0.1) is 0 Å². The first kappa shape index (κ1) is 100. The van der Waals surface area contributed by atoms with Gasteiger partial charge in [-0.2, -0.15) is 11.8 Å². The summed E-state index contributed by atoms with van der Waals surface area (Å²) in [4.78, 5) is 250. The average Bonchev–Trinajstić information content (AvgIpc) is 0.861. The van der Waals surface area contributed by atoms with E-state index in [1.807, 2.05) is 0 Å². The Hall–Kier alpha value is -9.88.